The zero-order valence-corrected chi connectivity index (χ0v) is 7.41. The van der Waals surface area contributed by atoms with E-state index in [1.807, 2.05) is 0 Å². The number of carbonyl (C=O) groups excluding carboxylic acids is 3. The summed E-state index contributed by atoms with van der Waals surface area (Å²) in [6.07, 6.45) is -0.742. The van der Waals surface area contributed by atoms with Gasteiger partial charge < -0.3 is 15.8 Å². The Morgan fingerprint density at radius 3 is 2.86 bits per heavy atom. The molecule has 1 atom stereocenters. The number of ether oxygens (including phenoxy) is 1. The van der Waals surface area contributed by atoms with Crippen molar-refractivity contribution in [2.75, 3.05) is 13.2 Å². The average molecular weight is 201 g/mol. The second kappa shape index (κ2) is 4.56. The largest absolute Gasteiger partial charge is 0.448 e. The second-order valence-corrected chi connectivity index (χ2v) is 2.79. The molecule has 7 heteroatoms. The topological polar surface area (TPSA) is 111 Å². The van der Waals surface area contributed by atoms with E-state index in [9.17, 15) is 14.4 Å². The summed E-state index contributed by atoms with van der Waals surface area (Å²) < 4.78 is 4.42. The van der Waals surface area contributed by atoms with E-state index in [1.54, 1.807) is 0 Å². The quantitative estimate of drug-likeness (QED) is 0.363. The normalized spacial score (nSPS) is 20.7. The van der Waals surface area contributed by atoms with Crippen molar-refractivity contribution in [1.82, 2.24) is 10.6 Å². The van der Waals surface area contributed by atoms with Gasteiger partial charge in [0.2, 0.25) is 11.8 Å². The molecular weight excluding hydrogens is 190 g/mol. The van der Waals surface area contributed by atoms with Gasteiger partial charge in [0, 0.05) is 6.54 Å². The highest BCUT2D eigenvalue weighted by Gasteiger charge is 2.29. The van der Waals surface area contributed by atoms with E-state index < -0.39 is 12.1 Å². The third kappa shape index (κ3) is 3.02. The number of hydrogen-bond acceptors (Lipinski definition) is 5. The van der Waals surface area contributed by atoms with Crippen molar-refractivity contribution in [2.45, 2.75) is 12.5 Å². The SMILES string of the molecule is NC(=O)OCCNC1CC(=O)NC1=O. The van der Waals surface area contributed by atoms with Crippen LogP contribution in [0.4, 0.5) is 4.79 Å². The van der Waals surface area contributed by atoms with Gasteiger partial charge in [0.05, 0.1) is 12.5 Å². The summed E-state index contributed by atoms with van der Waals surface area (Å²) in [5.41, 5.74) is 4.71. The first kappa shape index (κ1) is 10.5. The summed E-state index contributed by atoms with van der Waals surface area (Å²) in [7, 11) is 0. The first-order valence-electron chi connectivity index (χ1n) is 4.09. The van der Waals surface area contributed by atoms with Crippen LogP contribution in [0.25, 0.3) is 0 Å². The molecule has 1 saturated heterocycles. The first-order chi connectivity index (χ1) is 6.59. The summed E-state index contributed by atoms with van der Waals surface area (Å²) in [5, 5.41) is 4.90. The number of rotatable bonds is 4. The molecule has 7 nitrogen and oxygen atoms in total. The maximum absolute atomic E-state index is 11.0. The first-order valence-corrected chi connectivity index (χ1v) is 4.09. The van der Waals surface area contributed by atoms with Crippen LogP contribution in [-0.4, -0.2) is 37.1 Å². The highest BCUT2D eigenvalue weighted by atomic mass is 16.5. The van der Waals surface area contributed by atoms with E-state index in [4.69, 9.17) is 5.73 Å². The van der Waals surface area contributed by atoms with E-state index in [0.717, 1.165) is 0 Å². The number of hydrogen-bond donors (Lipinski definition) is 3. The molecule has 1 rings (SSSR count). The van der Waals surface area contributed by atoms with Crippen molar-refractivity contribution in [3.8, 4) is 0 Å². The second-order valence-electron chi connectivity index (χ2n) is 2.79. The van der Waals surface area contributed by atoms with Crippen molar-refractivity contribution in [2.24, 2.45) is 5.73 Å². The van der Waals surface area contributed by atoms with E-state index in [-0.39, 0.29) is 31.4 Å². The highest BCUT2D eigenvalue weighted by molar-refractivity contribution is 6.05. The van der Waals surface area contributed by atoms with Gasteiger partial charge in [0.25, 0.3) is 0 Å². The number of primary amides is 1. The van der Waals surface area contributed by atoms with Crippen LogP contribution in [0, 0.1) is 0 Å². The molecule has 1 heterocycles. The van der Waals surface area contributed by atoms with E-state index in [1.165, 1.54) is 0 Å². The Hall–Kier alpha value is -1.63. The molecule has 1 aliphatic rings. The molecule has 0 saturated carbocycles. The van der Waals surface area contributed by atoms with Crippen molar-refractivity contribution in [3.05, 3.63) is 0 Å². The Morgan fingerprint density at radius 2 is 2.36 bits per heavy atom. The van der Waals surface area contributed by atoms with E-state index >= 15 is 0 Å². The Bertz CT molecular complexity index is 266. The fourth-order valence-electron chi connectivity index (χ4n) is 1.10. The Balaban J connectivity index is 2.16. The fourth-order valence-corrected chi connectivity index (χ4v) is 1.10. The van der Waals surface area contributed by atoms with Crippen LogP contribution in [0.2, 0.25) is 0 Å². The molecule has 3 amide bonds. The molecule has 0 spiro atoms. The molecule has 0 bridgehead atoms. The Morgan fingerprint density at radius 1 is 1.64 bits per heavy atom. The molecule has 14 heavy (non-hydrogen) atoms. The van der Waals surface area contributed by atoms with Gasteiger partial charge in [-0.25, -0.2) is 4.79 Å². The fraction of sp³-hybridized carbons (Fsp3) is 0.571. The van der Waals surface area contributed by atoms with Crippen LogP contribution < -0.4 is 16.4 Å². The van der Waals surface area contributed by atoms with Crippen LogP contribution in [0.1, 0.15) is 6.42 Å². The standard InChI is InChI=1S/C7H11N3O4/c8-7(13)14-2-1-9-4-3-5(11)10-6(4)12/h4,9H,1-3H2,(H2,8,13)(H,10,11,12). The summed E-state index contributed by atoms with van der Waals surface area (Å²) in [5.74, 6) is -0.655. The van der Waals surface area contributed by atoms with Crippen LogP contribution in [0.3, 0.4) is 0 Å². The molecule has 0 radical (unpaired) electrons. The smallest absolute Gasteiger partial charge is 0.404 e. The molecule has 1 fully saturated rings. The van der Waals surface area contributed by atoms with Gasteiger partial charge in [-0.05, 0) is 0 Å². The minimum absolute atomic E-state index is 0.0767. The number of nitrogens with two attached hydrogens (primary N) is 1. The van der Waals surface area contributed by atoms with Crippen molar-refractivity contribution in [1.29, 1.82) is 0 Å². The predicted molar refractivity (Wildman–Crippen MR) is 45.1 cm³/mol. The summed E-state index contributed by atoms with van der Waals surface area (Å²) in [4.78, 5) is 31.9. The Kier molecular flexibility index (Phi) is 3.41. The minimum atomic E-state index is -0.862. The monoisotopic (exact) mass is 201 g/mol. The number of carbonyl (C=O) groups is 3. The van der Waals surface area contributed by atoms with Crippen molar-refractivity contribution in [3.63, 3.8) is 0 Å². The van der Waals surface area contributed by atoms with Crippen molar-refractivity contribution >= 4 is 17.9 Å². The van der Waals surface area contributed by atoms with Crippen LogP contribution >= 0.6 is 0 Å². The molecule has 4 N–H and O–H groups in total. The van der Waals surface area contributed by atoms with Gasteiger partial charge in [0.15, 0.2) is 0 Å². The van der Waals surface area contributed by atoms with Gasteiger partial charge in [-0.2, -0.15) is 0 Å². The van der Waals surface area contributed by atoms with Crippen LogP contribution in [0.5, 0.6) is 0 Å². The van der Waals surface area contributed by atoms with Crippen molar-refractivity contribution < 1.29 is 19.1 Å². The lowest BCUT2D eigenvalue weighted by molar-refractivity contribution is -0.125. The summed E-state index contributed by atoms with van der Waals surface area (Å²) in [6.45, 7) is 0.363. The highest BCUT2D eigenvalue weighted by Crippen LogP contribution is 2.00. The van der Waals surface area contributed by atoms with E-state index in [0.29, 0.717) is 0 Å². The zero-order valence-electron chi connectivity index (χ0n) is 7.41. The molecular formula is C7H11N3O4. The lowest BCUT2D eigenvalue weighted by atomic mass is 10.2. The zero-order chi connectivity index (χ0) is 10.6. The maximum atomic E-state index is 11.0. The molecule has 0 aromatic heterocycles. The molecule has 0 aromatic rings. The number of amides is 3. The lowest BCUT2D eigenvalue weighted by Crippen LogP contribution is -2.38. The average Bonchev–Trinajstić information content (AvgIpc) is 2.39. The third-order valence-electron chi connectivity index (χ3n) is 1.71. The van der Waals surface area contributed by atoms with Gasteiger partial charge in [-0.3, -0.25) is 14.9 Å². The minimum Gasteiger partial charge on any atom is -0.448 e. The molecule has 0 aliphatic carbocycles. The molecule has 78 valence electrons. The van der Waals surface area contributed by atoms with Crippen LogP contribution in [0.15, 0.2) is 0 Å². The van der Waals surface area contributed by atoms with E-state index in [2.05, 4.69) is 15.4 Å². The van der Waals surface area contributed by atoms with Gasteiger partial charge >= 0.3 is 6.09 Å². The predicted octanol–water partition coefficient (Wildman–Crippen LogP) is -1.91. The van der Waals surface area contributed by atoms with Crippen LogP contribution in [-0.2, 0) is 14.3 Å². The molecule has 0 aromatic carbocycles. The number of imide groups is 1. The van der Waals surface area contributed by atoms with Gasteiger partial charge in [0.1, 0.15) is 6.61 Å². The lowest BCUT2D eigenvalue weighted by Gasteiger charge is -2.07. The van der Waals surface area contributed by atoms with Gasteiger partial charge in [-0.1, -0.05) is 0 Å². The number of nitrogens with one attached hydrogen (secondary N) is 2. The maximum Gasteiger partial charge on any atom is 0.404 e. The molecule has 1 aliphatic heterocycles. The Labute approximate surface area is 80.0 Å². The summed E-state index contributed by atoms with van der Waals surface area (Å²) in [6, 6.07) is -0.529. The van der Waals surface area contributed by atoms with Gasteiger partial charge in [-0.15, -0.1) is 0 Å². The molecule has 1 unspecified atom stereocenters. The summed E-state index contributed by atoms with van der Waals surface area (Å²) >= 11 is 0. The third-order valence-corrected chi connectivity index (χ3v) is 1.71.